The lowest BCUT2D eigenvalue weighted by molar-refractivity contribution is -0.126. The van der Waals surface area contributed by atoms with Gasteiger partial charge in [-0.2, -0.15) is 0 Å². The molecule has 1 saturated heterocycles. The molecule has 2 atom stereocenters. The van der Waals surface area contributed by atoms with Crippen molar-refractivity contribution in [3.05, 3.63) is 35.7 Å². The molecule has 1 aromatic carbocycles. The smallest absolute Gasteiger partial charge is 0.325 e. The molecule has 8 heteroatoms. The maximum Gasteiger partial charge on any atom is 0.325 e. The molecule has 26 heavy (non-hydrogen) atoms. The van der Waals surface area contributed by atoms with Gasteiger partial charge in [-0.25, -0.2) is 9.79 Å². The van der Waals surface area contributed by atoms with E-state index in [1.54, 1.807) is 7.05 Å². The maximum atomic E-state index is 12.5. The van der Waals surface area contributed by atoms with Gasteiger partial charge in [0.05, 0.1) is 6.61 Å². The monoisotopic (exact) mass is 355 g/mol. The molecule has 0 spiro atoms. The van der Waals surface area contributed by atoms with Crippen molar-refractivity contribution in [1.29, 1.82) is 0 Å². The molecule has 136 valence electrons. The number of guanidine groups is 1. The number of carbonyl (C=O) groups excluding carboxylic acids is 2. The highest BCUT2D eigenvalue weighted by molar-refractivity contribution is 6.10. The van der Waals surface area contributed by atoms with E-state index in [1.165, 1.54) is 4.90 Å². The fourth-order valence-electron chi connectivity index (χ4n) is 3.62. The first-order valence-corrected chi connectivity index (χ1v) is 8.59. The van der Waals surface area contributed by atoms with Gasteiger partial charge in [0.2, 0.25) is 5.96 Å². The Hall–Kier alpha value is -3.03. The fraction of sp³-hybridized carbons (Fsp3) is 0.389. The molecule has 0 saturated carbocycles. The van der Waals surface area contributed by atoms with Crippen LogP contribution in [0.3, 0.4) is 0 Å². The topological polar surface area (TPSA) is 77.5 Å². The first kappa shape index (κ1) is 16.4. The third-order valence-electron chi connectivity index (χ3n) is 5.07. The molecule has 3 aliphatic rings. The number of anilines is 1. The highest BCUT2D eigenvalue weighted by Gasteiger charge is 2.53. The van der Waals surface area contributed by atoms with Crippen LogP contribution in [0.25, 0.3) is 0 Å². The summed E-state index contributed by atoms with van der Waals surface area (Å²) < 4.78 is 5.51. The molecule has 1 aromatic rings. The number of hydrogen-bond donors (Lipinski definition) is 1. The number of likely N-dealkylation sites (N-methyl/N-ethyl adjacent to an activating group) is 1. The Balaban J connectivity index is 1.73. The average Bonchev–Trinajstić information content (AvgIpc) is 3.11. The van der Waals surface area contributed by atoms with Crippen molar-refractivity contribution in [2.24, 2.45) is 4.99 Å². The lowest BCUT2D eigenvalue weighted by Crippen LogP contribution is -2.63. The standard InChI is InChI=1S/C18H21N5O3/c1-5-26-13-8-6-12(7-9-13)22-10(2)11(3)23-14-15(19-17(22)23)21(4)18(25)20-16(14)24/h6-9,14-15H,5H2,1-4H3,(H,20,24,25). The summed E-state index contributed by atoms with van der Waals surface area (Å²) in [5, 5.41) is 2.40. The van der Waals surface area contributed by atoms with Gasteiger partial charge in [0.15, 0.2) is 12.2 Å². The number of ether oxygens (including phenoxy) is 1. The predicted octanol–water partition coefficient (Wildman–Crippen LogP) is 1.70. The van der Waals surface area contributed by atoms with Crippen LogP contribution in [0.4, 0.5) is 10.5 Å². The number of nitrogens with one attached hydrogen (secondary N) is 1. The molecule has 0 aromatic heterocycles. The summed E-state index contributed by atoms with van der Waals surface area (Å²) in [6, 6.07) is 6.78. The first-order valence-electron chi connectivity index (χ1n) is 8.59. The van der Waals surface area contributed by atoms with E-state index in [0.717, 1.165) is 22.8 Å². The highest BCUT2D eigenvalue weighted by atomic mass is 16.5. The van der Waals surface area contributed by atoms with Crippen LogP contribution >= 0.6 is 0 Å². The Bertz CT molecular complexity index is 845. The lowest BCUT2D eigenvalue weighted by Gasteiger charge is -2.35. The van der Waals surface area contributed by atoms with Crippen LogP contribution < -0.4 is 15.0 Å². The summed E-state index contributed by atoms with van der Waals surface area (Å²) in [5.41, 5.74) is 2.88. The number of urea groups is 1. The van der Waals surface area contributed by atoms with Crippen LogP contribution in [0.2, 0.25) is 0 Å². The fourth-order valence-corrected chi connectivity index (χ4v) is 3.62. The summed E-state index contributed by atoms with van der Waals surface area (Å²) in [7, 11) is 1.65. The van der Waals surface area contributed by atoms with Crippen LogP contribution in [0.1, 0.15) is 20.8 Å². The zero-order chi connectivity index (χ0) is 18.6. The lowest BCUT2D eigenvalue weighted by atomic mass is 10.1. The third-order valence-corrected chi connectivity index (χ3v) is 5.07. The second-order valence-electron chi connectivity index (χ2n) is 6.50. The summed E-state index contributed by atoms with van der Waals surface area (Å²) >= 11 is 0. The second-order valence-corrected chi connectivity index (χ2v) is 6.50. The van der Waals surface area contributed by atoms with E-state index in [2.05, 4.69) is 5.32 Å². The Morgan fingerprint density at radius 2 is 1.85 bits per heavy atom. The molecular formula is C18H21N5O3. The number of carbonyl (C=O) groups is 2. The zero-order valence-electron chi connectivity index (χ0n) is 15.2. The normalized spacial score (nSPS) is 24.6. The Kier molecular flexibility index (Phi) is 3.64. The zero-order valence-corrected chi connectivity index (χ0v) is 15.2. The molecule has 3 heterocycles. The van der Waals surface area contributed by atoms with Gasteiger partial charge in [-0.1, -0.05) is 0 Å². The number of benzene rings is 1. The molecule has 1 N–H and O–H groups in total. The molecular weight excluding hydrogens is 334 g/mol. The number of hydrogen-bond acceptors (Lipinski definition) is 6. The van der Waals surface area contributed by atoms with Crippen molar-refractivity contribution >= 4 is 23.6 Å². The van der Waals surface area contributed by atoms with Gasteiger partial charge in [-0.05, 0) is 45.0 Å². The van der Waals surface area contributed by atoms with Crippen molar-refractivity contribution in [3.63, 3.8) is 0 Å². The summed E-state index contributed by atoms with van der Waals surface area (Å²) in [6.45, 7) is 6.52. The minimum Gasteiger partial charge on any atom is -0.494 e. The van der Waals surface area contributed by atoms with Gasteiger partial charge >= 0.3 is 6.03 Å². The van der Waals surface area contributed by atoms with Gasteiger partial charge in [0.1, 0.15) is 5.75 Å². The molecule has 2 unspecified atom stereocenters. The van der Waals surface area contributed by atoms with Crippen molar-refractivity contribution in [1.82, 2.24) is 15.1 Å². The molecule has 3 amide bonds. The largest absolute Gasteiger partial charge is 0.494 e. The van der Waals surface area contributed by atoms with Crippen LogP contribution in [0, 0.1) is 0 Å². The number of rotatable bonds is 3. The van der Waals surface area contributed by atoms with Crippen LogP contribution in [-0.4, -0.2) is 53.6 Å². The SMILES string of the molecule is CCOc1ccc(N2C3=NC4C(C(=O)NC(=O)N4C)N3C(C)=C2C)cc1. The van der Waals surface area contributed by atoms with Gasteiger partial charge < -0.3 is 9.64 Å². The van der Waals surface area contributed by atoms with Crippen LogP contribution in [0.15, 0.2) is 40.7 Å². The van der Waals surface area contributed by atoms with E-state index in [1.807, 2.05) is 54.8 Å². The Labute approximate surface area is 151 Å². The molecule has 4 rings (SSSR count). The molecule has 0 aliphatic carbocycles. The van der Waals surface area contributed by atoms with Gasteiger partial charge in [0, 0.05) is 24.1 Å². The maximum absolute atomic E-state index is 12.5. The number of allylic oxidation sites excluding steroid dienone is 2. The highest BCUT2D eigenvalue weighted by Crippen LogP contribution is 2.39. The number of aliphatic imine (C=N–C) groups is 1. The average molecular weight is 355 g/mol. The van der Waals surface area contributed by atoms with Crippen molar-refractivity contribution in [3.8, 4) is 5.75 Å². The Morgan fingerprint density at radius 1 is 1.15 bits per heavy atom. The minimum absolute atomic E-state index is 0.322. The Morgan fingerprint density at radius 3 is 2.50 bits per heavy atom. The molecule has 0 radical (unpaired) electrons. The van der Waals surface area contributed by atoms with Crippen molar-refractivity contribution in [2.45, 2.75) is 33.0 Å². The second kappa shape index (κ2) is 5.76. The summed E-state index contributed by atoms with van der Waals surface area (Å²) in [6.07, 6.45) is -0.528. The van der Waals surface area contributed by atoms with Crippen molar-refractivity contribution < 1.29 is 14.3 Å². The van der Waals surface area contributed by atoms with E-state index in [0.29, 0.717) is 12.6 Å². The van der Waals surface area contributed by atoms with E-state index in [9.17, 15) is 9.59 Å². The summed E-state index contributed by atoms with van der Waals surface area (Å²) in [5.74, 6) is 1.14. The third kappa shape index (κ3) is 2.18. The molecule has 3 aliphatic heterocycles. The van der Waals surface area contributed by atoms with E-state index in [-0.39, 0.29) is 5.91 Å². The van der Waals surface area contributed by atoms with Crippen LogP contribution in [0.5, 0.6) is 5.75 Å². The van der Waals surface area contributed by atoms with Gasteiger partial charge in [-0.3, -0.25) is 19.9 Å². The first-order chi connectivity index (χ1) is 12.4. The molecule has 1 fully saturated rings. The van der Waals surface area contributed by atoms with Gasteiger partial charge in [-0.15, -0.1) is 0 Å². The quantitative estimate of drug-likeness (QED) is 0.893. The van der Waals surface area contributed by atoms with E-state index in [4.69, 9.17) is 9.73 Å². The minimum atomic E-state index is -0.546. The molecule has 0 bridgehead atoms. The predicted molar refractivity (Wildman–Crippen MR) is 96.6 cm³/mol. The molecule has 8 nitrogen and oxygen atoms in total. The van der Waals surface area contributed by atoms with Gasteiger partial charge in [0.25, 0.3) is 5.91 Å². The number of imide groups is 1. The number of amides is 3. The summed E-state index contributed by atoms with van der Waals surface area (Å²) in [4.78, 5) is 34.5. The number of fused-ring (bicyclic) bond motifs is 3. The van der Waals surface area contributed by atoms with Crippen LogP contribution in [-0.2, 0) is 4.79 Å². The number of nitrogens with zero attached hydrogens (tertiary/aromatic N) is 4. The van der Waals surface area contributed by atoms with E-state index < -0.39 is 18.2 Å². The van der Waals surface area contributed by atoms with E-state index >= 15 is 0 Å². The van der Waals surface area contributed by atoms with Crippen molar-refractivity contribution in [2.75, 3.05) is 18.6 Å².